The van der Waals surface area contributed by atoms with Crippen molar-refractivity contribution in [1.82, 2.24) is 35.4 Å². The molecule has 0 aromatic carbocycles. The molecule has 0 unspecified atom stereocenters. The van der Waals surface area contributed by atoms with E-state index in [9.17, 15) is 4.79 Å². The molecule has 2 aromatic rings. The standard InChI is InChI=1S/C16H25N7O2S/c1-10-6-22(7-11(2)25-10)8-14-19-20-21-23(14)9-15(24)17-5-16-18-12(3)13(4)26-16/h10-11H,5-9H2,1-4H3,(H,17,24)/t10-,11+. The largest absolute Gasteiger partial charge is 0.373 e. The van der Waals surface area contributed by atoms with Crippen LogP contribution in [-0.4, -0.2) is 61.3 Å². The molecule has 0 bridgehead atoms. The molecule has 1 fully saturated rings. The van der Waals surface area contributed by atoms with E-state index in [0.29, 0.717) is 18.9 Å². The van der Waals surface area contributed by atoms with Gasteiger partial charge in [-0.15, -0.1) is 16.4 Å². The number of thiazole rings is 1. The summed E-state index contributed by atoms with van der Waals surface area (Å²) in [6.07, 6.45) is 0.355. The van der Waals surface area contributed by atoms with Crippen LogP contribution < -0.4 is 5.32 Å². The van der Waals surface area contributed by atoms with Crippen molar-refractivity contribution in [3.8, 4) is 0 Å². The van der Waals surface area contributed by atoms with Gasteiger partial charge in [0, 0.05) is 18.0 Å². The third-order valence-electron chi connectivity index (χ3n) is 4.27. The highest BCUT2D eigenvalue weighted by Crippen LogP contribution is 2.16. The number of morpholine rings is 1. The van der Waals surface area contributed by atoms with Gasteiger partial charge in [0.15, 0.2) is 5.82 Å². The van der Waals surface area contributed by atoms with Gasteiger partial charge in [-0.05, 0) is 38.1 Å². The van der Waals surface area contributed by atoms with Crippen LogP contribution in [0.5, 0.6) is 0 Å². The van der Waals surface area contributed by atoms with E-state index in [1.165, 1.54) is 4.88 Å². The maximum atomic E-state index is 12.2. The van der Waals surface area contributed by atoms with Gasteiger partial charge in [-0.25, -0.2) is 9.67 Å². The molecule has 0 saturated carbocycles. The van der Waals surface area contributed by atoms with Gasteiger partial charge in [-0.3, -0.25) is 9.69 Å². The third kappa shape index (κ3) is 4.83. The minimum absolute atomic E-state index is 0.0983. The van der Waals surface area contributed by atoms with Gasteiger partial charge in [0.05, 0.1) is 31.0 Å². The lowest BCUT2D eigenvalue weighted by Gasteiger charge is -2.34. The smallest absolute Gasteiger partial charge is 0.242 e. The van der Waals surface area contributed by atoms with Gasteiger partial charge < -0.3 is 10.1 Å². The Morgan fingerprint density at radius 2 is 2.04 bits per heavy atom. The van der Waals surface area contributed by atoms with Crippen molar-refractivity contribution in [2.75, 3.05) is 13.1 Å². The molecule has 0 radical (unpaired) electrons. The predicted molar refractivity (Wildman–Crippen MR) is 96.5 cm³/mol. The number of amides is 1. The molecule has 142 valence electrons. The van der Waals surface area contributed by atoms with Crippen LogP contribution in [0.1, 0.15) is 35.3 Å². The fourth-order valence-corrected chi connectivity index (χ4v) is 3.93. The maximum Gasteiger partial charge on any atom is 0.242 e. The first kappa shape index (κ1) is 18.9. The second-order valence-corrected chi connectivity index (χ2v) is 8.02. The quantitative estimate of drug-likeness (QED) is 0.788. The lowest BCUT2D eigenvalue weighted by atomic mass is 10.2. The first-order valence-corrected chi connectivity index (χ1v) is 9.55. The highest BCUT2D eigenvalue weighted by molar-refractivity contribution is 7.11. The van der Waals surface area contributed by atoms with E-state index in [1.807, 2.05) is 13.8 Å². The van der Waals surface area contributed by atoms with Crippen LogP contribution in [-0.2, 0) is 29.2 Å². The molecule has 2 aromatic heterocycles. The zero-order chi connectivity index (χ0) is 18.7. The van der Waals surface area contributed by atoms with Crippen molar-refractivity contribution in [3.05, 3.63) is 21.4 Å². The Bertz CT molecular complexity index is 730. The number of carbonyl (C=O) groups is 1. The zero-order valence-corrected chi connectivity index (χ0v) is 16.4. The van der Waals surface area contributed by atoms with E-state index in [1.54, 1.807) is 16.0 Å². The number of aromatic nitrogens is 5. The summed E-state index contributed by atoms with van der Waals surface area (Å²) < 4.78 is 7.30. The van der Waals surface area contributed by atoms with E-state index >= 15 is 0 Å². The van der Waals surface area contributed by atoms with Crippen molar-refractivity contribution >= 4 is 17.2 Å². The molecule has 3 rings (SSSR count). The number of hydrogen-bond acceptors (Lipinski definition) is 8. The lowest BCUT2D eigenvalue weighted by molar-refractivity contribution is -0.122. The number of carbonyl (C=O) groups excluding carboxylic acids is 1. The van der Waals surface area contributed by atoms with Gasteiger partial charge >= 0.3 is 0 Å². The topological polar surface area (TPSA) is 98.1 Å². The van der Waals surface area contributed by atoms with Gasteiger partial charge in [-0.1, -0.05) is 0 Å². The van der Waals surface area contributed by atoms with Gasteiger partial charge in [0.2, 0.25) is 5.91 Å². The highest BCUT2D eigenvalue weighted by atomic mass is 32.1. The van der Waals surface area contributed by atoms with Crippen LogP contribution in [0.4, 0.5) is 0 Å². The summed E-state index contributed by atoms with van der Waals surface area (Å²) in [5.41, 5.74) is 1.01. The first-order chi connectivity index (χ1) is 12.4. The molecule has 10 heteroatoms. The number of ether oxygens (including phenoxy) is 1. The molecule has 1 saturated heterocycles. The Kier molecular flexibility index (Phi) is 5.94. The summed E-state index contributed by atoms with van der Waals surface area (Å²) in [6.45, 7) is 10.9. The summed E-state index contributed by atoms with van der Waals surface area (Å²) in [4.78, 5) is 20.1. The number of rotatable bonds is 6. The van der Waals surface area contributed by atoms with E-state index in [2.05, 4.69) is 44.6 Å². The monoisotopic (exact) mass is 379 g/mol. The van der Waals surface area contributed by atoms with Crippen LogP contribution in [0.2, 0.25) is 0 Å². The molecule has 0 aliphatic carbocycles. The van der Waals surface area contributed by atoms with Crippen molar-refractivity contribution in [2.24, 2.45) is 0 Å². The second kappa shape index (κ2) is 8.19. The number of hydrogen-bond donors (Lipinski definition) is 1. The van der Waals surface area contributed by atoms with Crippen LogP contribution in [0.3, 0.4) is 0 Å². The van der Waals surface area contributed by atoms with Crippen molar-refractivity contribution in [2.45, 2.75) is 59.5 Å². The zero-order valence-electron chi connectivity index (χ0n) is 15.6. The Labute approximate surface area is 156 Å². The molecule has 3 heterocycles. The normalized spacial score (nSPS) is 21.1. The summed E-state index contributed by atoms with van der Waals surface area (Å²) in [5, 5.41) is 15.5. The fraction of sp³-hybridized carbons (Fsp3) is 0.688. The van der Waals surface area contributed by atoms with E-state index in [4.69, 9.17) is 4.74 Å². The summed E-state index contributed by atoms with van der Waals surface area (Å²) in [7, 11) is 0. The van der Waals surface area contributed by atoms with E-state index in [0.717, 1.165) is 23.8 Å². The average molecular weight is 379 g/mol. The fourth-order valence-electron chi connectivity index (χ4n) is 3.05. The van der Waals surface area contributed by atoms with Gasteiger partial charge in [0.25, 0.3) is 0 Å². The lowest BCUT2D eigenvalue weighted by Crippen LogP contribution is -2.45. The predicted octanol–water partition coefficient (Wildman–Crippen LogP) is 0.672. The summed E-state index contributed by atoms with van der Waals surface area (Å²) >= 11 is 1.60. The first-order valence-electron chi connectivity index (χ1n) is 8.73. The number of aryl methyl sites for hydroxylation is 2. The molecule has 26 heavy (non-hydrogen) atoms. The SMILES string of the molecule is Cc1nc(CNC(=O)Cn2nnnc2CN2C[C@@H](C)O[C@@H](C)C2)sc1C. The van der Waals surface area contributed by atoms with Crippen LogP contribution in [0.15, 0.2) is 0 Å². The second-order valence-electron chi connectivity index (χ2n) is 6.73. The molecule has 1 aliphatic heterocycles. The Hall–Kier alpha value is -1.91. The molecule has 1 aliphatic rings. The molecule has 0 spiro atoms. The molecule has 1 N–H and O–H groups in total. The highest BCUT2D eigenvalue weighted by Gasteiger charge is 2.24. The van der Waals surface area contributed by atoms with Crippen LogP contribution in [0.25, 0.3) is 0 Å². The molecule has 9 nitrogen and oxygen atoms in total. The van der Waals surface area contributed by atoms with Gasteiger partial charge in [-0.2, -0.15) is 0 Å². The minimum atomic E-state index is -0.132. The van der Waals surface area contributed by atoms with Crippen LogP contribution in [0, 0.1) is 13.8 Å². The average Bonchev–Trinajstić information content (AvgIpc) is 3.11. The number of nitrogens with one attached hydrogen (secondary N) is 1. The van der Waals surface area contributed by atoms with Crippen molar-refractivity contribution < 1.29 is 9.53 Å². The third-order valence-corrected chi connectivity index (χ3v) is 5.34. The summed E-state index contributed by atoms with van der Waals surface area (Å²) in [5.74, 6) is 0.551. The van der Waals surface area contributed by atoms with Crippen LogP contribution >= 0.6 is 11.3 Å². The molecule has 2 atom stereocenters. The Morgan fingerprint density at radius 1 is 1.31 bits per heavy atom. The molecular formula is C16H25N7O2S. The van der Waals surface area contributed by atoms with E-state index < -0.39 is 0 Å². The van der Waals surface area contributed by atoms with E-state index in [-0.39, 0.29) is 24.7 Å². The molecular weight excluding hydrogens is 354 g/mol. The molecule has 1 amide bonds. The maximum absolute atomic E-state index is 12.2. The summed E-state index contributed by atoms with van der Waals surface area (Å²) in [6, 6.07) is 0. The Morgan fingerprint density at radius 3 is 2.69 bits per heavy atom. The van der Waals surface area contributed by atoms with Crippen molar-refractivity contribution in [1.29, 1.82) is 0 Å². The number of nitrogens with zero attached hydrogens (tertiary/aromatic N) is 6. The van der Waals surface area contributed by atoms with Gasteiger partial charge in [0.1, 0.15) is 11.6 Å². The number of tetrazole rings is 1. The Balaban J connectivity index is 1.53. The van der Waals surface area contributed by atoms with Crippen molar-refractivity contribution in [3.63, 3.8) is 0 Å². The minimum Gasteiger partial charge on any atom is -0.373 e.